The van der Waals surface area contributed by atoms with Crippen LogP contribution < -0.4 is 5.30 Å². The van der Waals surface area contributed by atoms with Crippen LogP contribution >= 0.6 is 107 Å². The molecule has 0 N–H and O–H groups in total. The Balaban J connectivity index is 0.00000400. The monoisotopic (exact) mass is 815 g/mol. The first-order valence-electron chi connectivity index (χ1n) is 5.97. The third-order valence-electron chi connectivity index (χ3n) is 3.79. The second kappa shape index (κ2) is 9.30. The summed E-state index contributed by atoms with van der Waals surface area (Å²) in [5, 5.41) is 2.70. The van der Waals surface area contributed by atoms with Gasteiger partial charge in [-0.15, -0.1) is 0 Å². The van der Waals surface area contributed by atoms with E-state index in [1.165, 1.54) is 0 Å². The molecule has 0 saturated carbocycles. The Kier molecular flexibility index (Phi) is 10.8. The van der Waals surface area contributed by atoms with E-state index in [-0.39, 0.29) is 27.4 Å². The van der Waals surface area contributed by atoms with Crippen molar-refractivity contribution < 1.29 is 22.4 Å². The summed E-state index contributed by atoms with van der Waals surface area (Å²) in [7, 11) is 0. The molecule has 0 aromatic heterocycles. The second-order valence-corrected chi connectivity index (χ2v) is 20.4. The standard InChI is InChI=1S/C12H14Cl5I2P.Au/c1-3-20(19,4-2,6-5-18)12-10(16)8(14)7(13)9(15)11(12)17;/h3-6H2,1-2H3;. The summed E-state index contributed by atoms with van der Waals surface area (Å²) in [6, 6.07) is 0. The number of hydrogen-bond donors (Lipinski definition) is 0. The molecular weight excluding hydrogens is 803 g/mol. The normalized spacial score (nSPS) is 13.5. The molecule has 127 valence electrons. The van der Waals surface area contributed by atoms with Crippen molar-refractivity contribution in [2.45, 2.75) is 13.8 Å². The van der Waals surface area contributed by atoms with Crippen LogP contribution in [0.4, 0.5) is 0 Å². The maximum absolute atomic E-state index is 6.51. The minimum atomic E-state index is -2.31. The molecule has 1 radical (unpaired) electrons. The van der Waals surface area contributed by atoms with Gasteiger partial charge in [0.25, 0.3) is 0 Å². The third-order valence-corrected chi connectivity index (χ3v) is 20.4. The summed E-state index contributed by atoms with van der Waals surface area (Å²) in [6.45, 7) is 4.37. The Bertz CT molecular complexity index is 508. The first-order chi connectivity index (χ1) is 9.16. The molecule has 1 aromatic rings. The van der Waals surface area contributed by atoms with E-state index >= 15 is 0 Å². The predicted octanol–water partition coefficient (Wildman–Crippen LogP) is 7.95. The van der Waals surface area contributed by atoms with Gasteiger partial charge in [-0.25, -0.2) is 0 Å². The minimum Gasteiger partial charge on any atom is 0 e. The summed E-state index contributed by atoms with van der Waals surface area (Å²) in [5.41, 5.74) is 0. The van der Waals surface area contributed by atoms with E-state index in [9.17, 15) is 0 Å². The molecule has 9 heteroatoms. The van der Waals surface area contributed by atoms with Gasteiger partial charge in [0.05, 0.1) is 0 Å². The molecule has 0 aliphatic carbocycles. The molecule has 1 rings (SSSR count). The van der Waals surface area contributed by atoms with Gasteiger partial charge in [0.1, 0.15) is 0 Å². The van der Waals surface area contributed by atoms with Gasteiger partial charge in [-0.05, 0) is 0 Å². The van der Waals surface area contributed by atoms with Crippen molar-refractivity contribution in [3.63, 3.8) is 0 Å². The van der Waals surface area contributed by atoms with Crippen molar-refractivity contribution in [1.29, 1.82) is 0 Å². The van der Waals surface area contributed by atoms with E-state index in [1.54, 1.807) is 0 Å². The van der Waals surface area contributed by atoms with Gasteiger partial charge in [-0.1, -0.05) is 0 Å². The fraction of sp³-hybridized carbons (Fsp3) is 0.500. The van der Waals surface area contributed by atoms with E-state index in [1.807, 2.05) is 0 Å². The fourth-order valence-corrected chi connectivity index (χ4v) is 17.7. The number of alkyl halides is 1. The molecule has 0 spiro atoms. The van der Waals surface area contributed by atoms with Crippen molar-refractivity contribution in [1.82, 2.24) is 0 Å². The molecular formula is C12H14AuCl5I2P. The van der Waals surface area contributed by atoms with Crippen LogP contribution in [0.2, 0.25) is 25.1 Å². The summed E-state index contributed by atoms with van der Waals surface area (Å²) in [4.78, 5) is 0. The minimum absolute atomic E-state index is 0. The largest absolute Gasteiger partial charge is 0 e. The van der Waals surface area contributed by atoms with E-state index in [0.29, 0.717) is 20.1 Å². The molecule has 21 heavy (non-hydrogen) atoms. The average Bonchev–Trinajstić information content (AvgIpc) is 2.43. The van der Waals surface area contributed by atoms with Gasteiger partial charge in [0.15, 0.2) is 0 Å². The van der Waals surface area contributed by atoms with Crippen LogP contribution in [0.25, 0.3) is 0 Å². The van der Waals surface area contributed by atoms with Crippen LogP contribution in [0.3, 0.4) is 0 Å². The molecule has 0 aliphatic heterocycles. The maximum atomic E-state index is 6.51. The Labute approximate surface area is 193 Å². The van der Waals surface area contributed by atoms with Crippen molar-refractivity contribution in [3.8, 4) is 0 Å². The molecule has 0 fully saturated rings. The SMILES string of the molecule is CCP(I)(CC)(CCI)c1c(Cl)c(Cl)c(Cl)c(Cl)c1Cl.[Au]. The van der Waals surface area contributed by atoms with Gasteiger partial charge in [-0.2, -0.15) is 0 Å². The van der Waals surface area contributed by atoms with Crippen molar-refractivity contribution in [2.75, 3.05) is 22.9 Å². The Morgan fingerprint density at radius 3 is 1.43 bits per heavy atom. The molecule has 0 heterocycles. The van der Waals surface area contributed by atoms with Crippen molar-refractivity contribution >= 4 is 112 Å². The van der Waals surface area contributed by atoms with Gasteiger partial charge in [0.2, 0.25) is 0 Å². The Morgan fingerprint density at radius 1 is 0.810 bits per heavy atom. The third kappa shape index (κ3) is 4.53. The van der Waals surface area contributed by atoms with Gasteiger partial charge in [0, 0.05) is 22.4 Å². The molecule has 0 saturated heterocycles. The summed E-state index contributed by atoms with van der Waals surface area (Å²) < 4.78 is -1.28. The molecule has 1 aromatic carbocycles. The molecule has 0 unspecified atom stereocenters. The number of benzene rings is 1. The van der Waals surface area contributed by atoms with Crippen molar-refractivity contribution in [2.24, 2.45) is 0 Å². The summed E-state index contributed by atoms with van der Waals surface area (Å²) in [5.74, 6) is 0. The van der Waals surface area contributed by atoms with E-state index in [0.717, 1.165) is 28.2 Å². The maximum Gasteiger partial charge on any atom is 0 e. The smallest absolute Gasteiger partial charge is 0 e. The first-order valence-corrected chi connectivity index (χ1v) is 15.0. The molecule has 0 amide bonds. The van der Waals surface area contributed by atoms with Crippen LogP contribution in [-0.2, 0) is 22.4 Å². The predicted molar refractivity (Wildman–Crippen MR) is 117 cm³/mol. The van der Waals surface area contributed by atoms with Crippen LogP contribution in [0.5, 0.6) is 0 Å². The number of halogens is 7. The van der Waals surface area contributed by atoms with E-state index in [2.05, 4.69) is 58.5 Å². The topological polar surface area (TPSA) is 0 Å². The Morgan fingerprint density at radius 2 is 1.14 bits per heavy atom. The van der Waals surface area contributed by atoms with Crippen LogP contribution in [0, 0.1) is 0 Å². The van der Waals surface area contributed by atoms with Gasteiger partial charge < -0.3 is 0 Å². The number of rotatable bonds is 5. The second-order valence-electron chi connectivity index (χ2n) is 4.55. The zero-order valence-electron chi connectivity index (χ0n) is 11.2. The first kappa shape index (κ1) is 24.3. The average molecular weight is 817 g/mol. The molecule has 0 atom stereocenters. The number of hydrogen-bond acceptors (Lipinski definition) is 0. The van der Waals surface area contributed by atoms with Crippen molar-refractivity contribution in [3.05, 3.63) is 25.1 Å². The summed E-state index contributed by atoms with van der Waals surface area (Å²) >= 11 is 36.6. The van der Waals surface area contributed by atoms with E-state index in [4.69, 9.17) is 58.0 Å². The van der Waals surface area contributed by atoms with Crippen LogP contribution in [-0.4, -0.2) is 22.9 Å². The van der Waals surface area contributed by atoms with Gasteiger partial charge in [-0.3, -0.25) is 0 Å². The molecule has 0 nitrogen and oxygen atoms in total. The summed E-state index contributed by atoms with van der Waals surface area (Å²) in [6.07, 6.45) is 3.05. The zero-order chi connectivity index (χ0) is 15.7. The fourth-order valence-electron chi connectivity index (χ4n) is 2.25. The zero-order valence-corrected chi connectivity index (χ0v) is 22.4. The van der Waals surface area contributed by atoms with Crippen LogP contribution in [0.15, 0.2) is 0 Å². The van der Waals surface area contributed by atoms with Gasteiger partial charge >= 0.3 is 174 Å². The quantitative estimate of drug-likeness (QED) is 0.0708. The molecule has 0 bridgehead atoms. The van der Waals surface area contributed by atoms with Crippen LogP contribution in [0.1, 0.15) is 13.8 Å². The Hall–Kier alpha value is 3.30. The molecule has 0 aliphatic rings. The van der Waals surface area contributed by atoms with E-state index < -0.39 is 4.25 Å².